The smallest absolute Gasteiger partial charge is 0.303 e. The third-order valence-corrected chi connectivity index (χ3v) is 3.89. The molecule has 0 aliphatic carbocycles. The summed E-state index contributed by atoms with van der Waals surface area (Å²) in [6.07, 6.45) is 0.991. The molecule has 0 saturated carbocycles. The molecule has 0 saturated heterocycles. The summed E-state index contributed by atoms with van der Waals surface area (Å²) in [5, 5.41) is 10.3. The molecule has 112 valence electrons. The second kappa shape index (κ2) is 5.60. The molecule has 22 heavy (non-hydrogen) atoms. The molecule has 2 aromatic rings. The van der Waals surface area contributed by atoms with Crippen LogP contribution >= 0.6 is 0 Å². The first-order chi connectivity index (χ1) is 10.6. The van der Waals surface area contributed by atoms with Crippen LogP contribution in [-0.2, 0) is 4.79 Å². The predicted octanol–water partition coefficient (Wildman–Crippen LogP) is 2.69. The van der Waals surface area contributed by atoms with Crippen molar-refractivity contribution in [2.75, 3.05) is 6.54 Å². The third-order valence-electron chi connectivity index (χ3n) is 3.89. The monoisotopic (exact) mass is 297 g/mol. The Morgan fingerprint density at radius 2 is 1.77 bits per heavy atom. The van der Waals surface area contributed by atoms with E-state index in [1.54, 1.807) is 6.07 Å². The first-order valence-corrected chi connectivity index (χ1v) is 7.19. The van der Waals surface area contributed by atoms with E-state index < -0.39 is 5.97 Å². The standard InChI is InChI=1S/C17H15NO4/c19-14(20)7-3-4-10-18-16(21)13-9-8-11-5-1-2-6-12(11)15(13)17(18)22/h1-2,5-6,8-9H,3-4,7,10H2,(H,19,20). The lowest BCUT2D eigenvalue weighted by Gasteiger charge is -2.13. The number of carbonyl (C=O) groups excluding carboxylic acids is 2. The van der Waals surface area contributed by atoms with E-state index in [0.717, 1.165) is 10.8 Å². The normalized spacial score (nSPS) is 13.7. The van der Waals surface area contributed by atoms with Gasteiger partial charge in [-0.25, -0.2) is 0 Å². The van der Waals surface area contributed by atoms with E-state index in [0.29, 0.717) is 24.0 Å². The maximum absolute atomic E-state index is 12.5. The molecule has 0 spiro atoms. The number of unbranched alkanes of at least 4 members (excludes halogenated alkanes) is 1. The Bertz CT molecular complexity index is 781. The molecular formula is C17H15NO4. The Balaban J connectivity index is 1.85. The Morgan fingerprint density at radius 3 is 2.55 bits per heavy atom. The summed E-state index contributed by atoms with van der Waals surface area (Å²) >= 11 is 0. The molecule has 0 bridgehead atoms. The third kappa shape index (κ3) is 2.35. The minimum absolute atomic E-state index is 0.0477. The number of amides is 2. The quantitative estimate of drug-likeness (QED) is 0.680. The number of nitrogens with zero attached hydrogens (tertiary/aromatic N) is 1. The number of hydrogen-bond acceptors (Lipinski definition) is 3. The number of fused-ring (bicyclic) bond motifs is 3. The van der Waals surface area contributed by atoms with Crippen molar-refractivity contribution < 1.29 is 19.5 Å². The van der Waals surface area contributed by atoms with E-state index in [-0.39, 0.29) is 24.8 Å². The largest absolute Gasteiger partial charge is 0.481 e. The van der Waals surface area contributed by atoms with Gasteiger partial charge in [-0.15, -0.1) is 0 Å². The summed E-state index contributed by atoms with van der Waals surface area (Å²) in [6, 6.07) is 11.0. The van der Waals surface area contributed by atoms with Gasteiger partial charge in [0.1, 0.15) is 0 Å². The lowest BCUT2D eigenvalue weighted by Crippen LogP contribution is -2.30. The first-order valence-electron chi connectivity index (χ1n) is 7.19. The molecule has 0 unspecified atom stereocenters. The fourth-order valence-electron chi connectivity index (χ4n) is 2.80. The molecule has 0 atom stereocenters. The highest BCUT2D eigenvalue weighted by Gasteiger charge is 2.36. The van der Waals surface area contributed by atoms with Gasteiger partial charge in [-0.2, -0.15) is 0 Å². The average Bonchev–Trinajstić information content (AvgIpc) is 2.76. The molecule has 0 fully saturated rings. The summed E-state index contributed by atoms with van der Waals surface area (Å²) in [5.41, 5.74) is 0.892. The zero-order valence-electron chi connectivity index (χ0n) is 11.9. The minimum atomic E-state index is -0.867. The first kappa shape index (κ1) is 14.3. The maximum atomic E-state index is 12.5. The van der Waals surface area contributed by atoms with Crippen molar-refractivity contribution in [3.8, 4) is 0 Å². The van der Waals surface area contributed by atoms with E-state index in [2.05, 4.69) is 0 Å². The van der Waals surface area contributed by atoms with Crippen molar-refractivity contribution in [1.29, 1.82) is 0 Å². The number of aliphatic carboxylic acids is 1. The van der Waals surface area contributed by atoms with Gasteiger partial charge < -0.3 is 5.11 Å². The van der Waals surface area contributed by atoms with Gasteiger partial charge in [0.15, 0.2) is 0 Å². The second-order valence-corrected chi connectivity index (χ2v) is 5.32. The molecule has 1 heterocycles. The number of carbonyl (C=O) groups is 3. The lowest BCUT2D eigenvalue weighted by molar-refractivity contribution is -0.137. The van der Waals surface area contributed by atoms with E-state index in [1.165, 1.54) is 4.90 Å². The number of benzene rings is 2. The molecule has 5 nitrogen and oxygen atoms in total. The van der Waals surface area contributed by atoms with Gasteiger partial charge >= 0.3 is 5.97 Å². The van der Waals surface area contributed by atoms with Crippen LogP contribution in [-0.4, -0.2) is 34.3 Å². The summed E-state index contributed by atoms with van der Waals surface area (Å²) < 4.78 is 0. The zero-order chi connectivity index (χ0) is 15.7. The van der Waals surface area contributed by atoms with Crippen molar-refractivity contribution >= 4 is 28.6 Å². The molecule has 5 heteroatoms. The fourth-order valence-corrected chi connectivity index (χ4v) is 2.80. The van der Waals surface area contributed by atoms with Gasteiger partial charge in [-0.05, 0) is 29.7 Å². The van der Waals surface area contributed by atoms with Crippen LogP contribution in [0, 0.1) is 0 Å². The van der Waals surface area contributed by atoms with E-state index in [4.69, 9.17) is 5.11 Å². The Kier molecular flexibility index (Phi) is 3.63. The lowest BCUT2D eigenvalue weighted by atomic mass is 10.0. The summed E-state index contributed by atoms with van der Waals surface area (Å²) in [7, 11) is 0. The van der Waals surface area contributed by atoms with Crippen LogP contribution in [0.3, 0.4) is 0 Å². The molecule has 0 aromatic heterocycles. The molecule has 2 amide bonds. The number of carboxylic acid groups (broad SMARTS) is 1. The summed E-state index contributed by atoms with van der Waals surface area (Å²) in [4.78, 5) is 36.6. The van der Waals surface area contributed by atoms with Crippen molar-refractivity contribution in [3.63, 3.8) is 0 Å². The highest BCUT2D eigenvalue weighted by Crippen LogP contribution is 2.30. The van der Waals surface area contributed by atoms with Gasteiger partial charge in [0.2, 0.25) is 0 Å². The van der Waals surface area contributed by atoms with Gasteiger partial charge in [0.05, 0.1) is 11.1 Å². The highest BCUT2D eigenvalue weighted by molar-refractivity contribution is 6.26. The number of rotatable bonds is 5. The average molecular weight is 297 g/mol. The van der Waals surface area contributed by atoms with Crippen LogP contribution in [0.2, 0.25) is 0 Å². The van der Waals surface area contributed by atoms with E-state index >= 15 is 0 Å². The minimum Gasteiger partial charge on any atom is -0.481 e. The Labute approximate surface area is 127 Å². The maximum Gasteiger partial charge on any atom is 0.303 e. The van der Waals surface area contributed by atoms with Crippen molar-refractivity contribution in [2.24, 2.45) is 0 Å². The number of imide groups is 1. The van der Waals surface area contributed by atoms with Crippen LogP contribution in [0.4, 0.5) is 0 Å². The van der Waals surface area contributed by atoms with Gasteiger partial charge in [0, 0.05) is 13.0 Å². The van der Waals surface area contributed by atoms with Crippen LogP contribution in [0.15, 0.2) is 36.4 Å². The molecular weight excluding hydrogens is 282 g/mol. The van der Waals surface area contributed by atoms with Crippen molar-refractivity contribution in [3.05, 3.63) is 47.5 Å². The van der Waals surface area contributed by atoms with Crippen molar-refractivity contribution in [1.82, 2.24) is 4.90 Å². The topological polar surface area (TPSA) is 74.7 Å². The molecule has 0 radical (unpaired) electrons. The van der Waals surface area contributed by atoms with Crippen LogP contribution < -0.4 is 0 Å². The number of carboxylic acids is 1. The molecule has 1 N–H and O–H groups in total. The molecule has 1 aliphatic rings. The molecule has 2 aromatic carbocycles. The van der Waals surface area contributed by atoms with Crippen LogP contribution in [0.25, 0.3) is 10.8 Å². The second-order valence-electron chi connectivity index (χ2n) is 5.32. The summed E-state index contributed by atoms with van der Waals surface area (Å²) in [6.45, 7) is 0.258. The number of hydrogen-bond donors (Lipinski definition) is 1. The van der Waals surface area contributed by atoms with Gasteiger partial charge in [-0.1, -0.05) is 30.3 Å². The zero-order valence-corrected chi connectivity index (χ0v) is 11.9. The SMILES string of the molecule is O=C(O)CCCCN1C(=O)c2ccc3ccccc3c2C1=O. The Morgan fingerprint density at radius 1 is 1.00 bits per heavy atom. The predicted molar refractivity (Wildman–Crippen MR) is 80.8 cm³/mol. The fraction of sp³-hybridized carbons (Fsp3) is 0.235. The molecule has 1 aliphatic heterocycles. The van der Waals surface area contributed by atoms with Crippen LogP contribution in [0.1, 0.15) is 40.0 Å². The van der Waals surface area contributed by atoms with Gasteiger partial charge in [0.25, 0.3) is 11.8 Å². The summed E-state index contributed by atoms with van der Waals surface area (Å²) in [5.74, 6) is -1.44. The van der Waals surface area contributed by atoms with Crippen molar-refractivity contribution in [2.45, 2.75) is 19.3 Å². The van der Waals surface area contributed by atoms with E-state index in [1.807, 2.05) is 30.3 Å². The Hall–Kier alpha value is -2.69. The highest BCUT2D eigenvalue weighted by atomic mass is 16.4. The molecule has 3 rings (SSSR count). The van der Waals surface area contributed by atoms with Gasteiger partial charge in [-0.3, -0.25) is 19.3 Å². The van der Waals surface area contributed by atoms with E-state index in [9.17, 15) is 14.4 Å². The van der Waals surface area contributed by atoms with Crippen LogP contribution in [0.5, 0.6) is 0 Å².